The second-order valence-corrected chi connectivity index (χ2v) is 7.31. The molecule has 1 heterocycles. The molecule has 0 radical (unpaired) electrons. The van der Waals surface area contributed by atoms with Crippen LogP contribution < -0.4 is 0 Å². The summed E-state index contributed by atoms with van der Waals surface area (Å²) in [5, 5.41) is 0. The molecule has 110 valence electrons. The Labute approximate surface area is 135 Å². The zero-order valence-corrected chi connectivity index (χ0v) is 13.9. The van der Waals surface area contributed by atoms with Gasteiger partial charge in [0, 0.05) is 23.2 Å². The van der Waals surface area contributed by atoms with Crippen LogP contribution in [0.1, 0.15) is 62.8 Å². The van der Waals surface area contributed by atoms with Crippen LogP contribution >= 0.6 is 15.9 Å². The lowest BCUT2D eigenvalue weighted by molar-refractivity contribution is 0.228. The van der Waals surface area contributed by atoms with Gasteiger partial charge in [-0.25, -0.2) is 0 Å². The Morgan fingerprint density at radius 3 is 1.86 bits per heavy atom. The van der Waals surface area contributed by atoms with Gasteiger partial charge in [0.15, 0.2) is 0 Å². The summed E-state index contributed by atoms with van der Waals surface area (Å²) in [7, 11) is 0. The van der Waals surface area contributed by atoms with Crippen molar-refractivity contribution in [3.05, 3.63) is 57.0 Å². The van der Waals surface area contributed by atoms with Crippen molar-refractivity contribution in [3.8, 4) is 0 Å². The molecule has 0 N–H and O–H groups in total. The smallest absolute Gasteiger partial charge is 0.104 e. The maximum absolute atomic E-state index is 6.32. The first-order chi connectivity index (χ1) is 10.3. The van der Waals surface area contributed by atoms with Crippen molar-refractivity contribution in [2.24, 2.45) is 0 Å². The van der Waals surface area contributed by atoms with E-state index >= 15 is 0 Å². The van der Waals surface area contributed by atoms with Crippen LogP contribution in [0.2, 0.25) is 0 Å². The molecule has 1 aromatic carbocycles. The fourth-order valence-electron chi connectivity index (χ4n) is 4.06. The van der Waals surface area contributed by atoms with Crippen molar-refractivity contribution in [2.45, 2.75) is 57.3 Å². The normalized spacial score (nSPS) is 22.7. The van der Waals surface area contributed by atoms with Gasteiger partial charge >= 0.3 is 0 Å². The molecule has 0 saturated heterocycles. The largest absolute Gasteiger partial charge is 0.466 e. The van der Waals surface area contributed by atoms with Crippen LogP contribution in [0.15, 0.2) is 51.4 Å². The standard InChI is InChI=1S/C19H21BrO/c20-14-11-9-13(10-12-14)19-15-5-1-3-7-17(15)21-18-8-4-2-6-16(18)19/h9-12,19H,1-8H2. The van der Waals surface area contributed by atoms with Gasteiger partial charge in [-0.15, -0.1) is 0 Å². The minimum absolute atomic E-state index is 0.498. The quantitative estimate of drug-likeness (QED) is 0.587. The molecule has 1 aromatic rings. The highest BCUT2D eigenvalue weighted by Crippen LogP contribution is 2.49. The van der Waals surface area contributed by atoms with Crippen LogP contribution in [0, 0.1) is 0 Å². The molecule has 1 aliphatic heterocycles. The SMILES string of the molecule is Brc1ccc(C2C3=C(CCCC3)OC3=C2CCCC3)cc1. The summed E-state index contributed by atoms with van der Waals surface area (Å²) in [6.07, 6.45) is 9.91. The average Bonchev–Trinajstić information content (AvgIpc) is 2.53. The van der Waals surface area contributed by atoms with Crippen LogP contribution in [0.4, 0.5) is 0 Å². The Morgan fingerprint density at radius 2 is 1.29 bits per heavy atom. The minimum Gasteiger partial charge on any atom is -0.466 e. The number of ether oxygens (including phenoxy) is 1. The van der Waals surface area contributed by atoms with E-state index in [9.17, 15) is 0 Å². The molecule has 3 aliphatic rings. The molecule has 0 atom stereocenters. The zero-order chi connectivity index (χ0) is 14.2. The average molecular weight is 345 g/mol. The molecule has 0 spiro atoms. The maximum Gasteiger partial charge on any atom is 0.104 e. The molecule has 2 heteroatoms. The van der Waals surface area contributed by atoms with Gasteiger partial charge in [0.25, 0.3) is 0 Å². The van der Waals surface area contributed by atoms with Gasteiger partial charge < -0.3 is 4.74 Å². The summed E-state index contributed by atoms with van der Waals surface area (Å²) in [6, 6.07) is 8.94. The lowest BCUT2D eigenvalue weighted by atomic mass is 9.74. The predicted molar refractivity (Wildman–Crippen MR) is 89.0 cm³/mol. The number of benzene rings is 1. The van der Waals surface area contributed by atoms with Crippen molar-refractivity contribution in [1.82, 2.24) is 0 Å². The third kappa shape index (κ3) is 2.48. The van der Waals surface area contributed by atoms with Crippen LogP contribution in [0.3, 0.4) is 0 Å². The molecule has 21 heavy (non-hydrogen) atoms. The lowest BCUT2D eigenvalue weighted by Gasteiger charge is -2.37. The van der Waals surface area contributed by atoms with E-state index in [0.29, 0.717) is 5.92 Å². The molecule has 0 fully saturated rings. The summed E-state index contributed by atoms with van der Waals surface area (Å²) in [6.45, 7) is 0. The van der Waals surface area contributed by atoms with Gasteiger partial charge in [0.1, 0.15) is 11.5 Å². The van der Waals surface area contributed by atoms with E-state index in [4.69, 9.17) is 4.74 Å². The van der Waals surface area contributed by atoms with E-state index in [1.807, 2.05) is 0 Å². The highest BCUT2D eigenvalue weighted by molar-refractivity contribution is 9.10. The van der Waals surface area contributed by atoms with E-state index in [0.717, 1.165) is 17.3 Å². The molecular formula is C19H21BrO. The van der Waals surface area contributed by atoms with Gasteiger partial charge in [-0.3, -0.25) is 0 Å². The second-order valence-electron chi connectivity index (χ2n) is 6.40. The lowest BCUT2D eigenvalue weighted by Crippen LogP contribution is -2.21. The van der Waals surface area contributed by atoms with E-state index in [1.54, 1.807) is 11.1 Å². The molecule has 2 aliphatic carbocycles. The summed E-state index contributed by atoms with van der Waals surface area (Å²) in [4.78, 5) is 0. The van der Waals surface area contributed by atoms with Gasteiger partial charge in [0.2, 0.25) is 0 Å². The van der Waals surface area contributed by atoms with Crippen molar-refractivity contribution >= 4 is 15.9 Å². The van der Waals surface area contributed by atoms with Crippen LogP contribution in [0.25, 0.3) is 0 Å². The van der Waals surface area contributed by atoms with Crippen molar-refractivity contribution in [3.63, 3.8) is 0 Å². The topological polar surface area (TPSA) is 9.23 Å². The Hall–Kier alpha value is -1.02. The molecular weight excluding hydrogens is 324 g/mol. The third-order valence-electron chi connectivity index (χ3n) is 5.06. The van der Waals surface area contributed by atoms with Crippen molar-refractivity contribution in [2.75, 3.05) is 0 Å². The zero-order valence-electron chi connectivity index (χ0n) is 12.3. The number of halogens is 1. The first-order valence-corrected chi connectivity index (χ1v) is 8.99. The van der Waals surface area contributed by atoms with E-state index in [2.05, 4.69) is 40.2 Å². The molecule has 0 aromatic heterocycles. The fourth-order valence-corrected chi connectivity index (χ4v) is 4.33. The Kier molecular flexibility index (Phi) is 3.66. The summed E-state index contributed by atoms with van der Waals surface area (Å²) in [5.74, 6) is 3.10. The second kappa shape index (κ2) is 5.64. The summed E-state index contributed by atoms with van der Waals surface area (Å²) >= 11 is 3.56. The molecule has 0 saturated carbocycles. The van der Waals surface area contributed by atoms with Gasteiger partial charge in [-0.2, -0.15) is 0 Å². The van der Waals surface area contributed by atoms with Gasteiger partial charge in [-0.1, -0.05) is 28.1 Å². The number of hydrogen-bond donors (Lipinski definition) is 0. The molecule has 0 unspecified atom stereocenters. The van der Waals surface area contributed by atoms with Crippen LogP contribution in [0.5, 0.6) is 0 Å². The fraction of sp³-hybridized carbons (Fsp3) is 0.474. The molecule has 0 amide bonds. The summed E-state index contributed by atoms with van der Waals surface area (Å²) in [5.41, 5.74) is 4.60. The third-order valence-corrected chi connectivity index (χ3v) is 5.59. The van der Waals surface area contributed by atoms with E-state index in [-0.39, 0.29) is 0 Å². The van der Waals surface area contributed by atoms with Crippen molar-refractivity contribution < 1.29 is 4.74 Å². The predicted octanol–water partition coefficient (Wildman–Crippen LogP) is 6.22. The van der Waals surface area contributed by atoms with E-state index < -0.39 is 0 Å². The van der Waals surface area contributed by atoms with Gasteiger partial charge in [-0.05, 0) is 67.4 Å². The summed E-state index contributed by atoms with van der Waals surface area (Å²) < 4.78 is 7.48. The van der Waals surface area contributed by atoms with Gasteiger partial charge in [0.05, 0.1) is 0 Å². The first kappa shape index (κ1) is 13.6. The minimum atomic E-state index is 0.498. The number of rotatable bonds is 1. The Balaban J connectivity index is 1.81. The molecule has 4 rings (SSSR count). The highest BCUT2D eigenvalue weighted by atomic mass is 79.9. The van der Waals surface area contributed by atoms with E-state index in [1.165, 1.54) is 55.6 Å². The Morgan fingerprint density at radius 1 is 0.762 bits per heavy atom. The van der Waals surface area contributed by atoms with Crippen LogP contribution in [-0.4, -0.2) is 0 Å². The Bertz CT molecular complexity index is 577. The van der Waals surface area contributed by atoms with Crippen molar-refractivity contribution in [1.29, 1.82) is 0 Å². The maximum atomic E-state index is 6.32. The first-order valence-electron chi connectivity index (χ1n) is 8.20. The van der Waals surface area contributed by atoms with Crippen LogP contribution in [-0.2, 0) is 4.74 Å². The number of hydrogen-bond acceptors (Lipinski definition) is 1. The molecule has 1 nitrogen and oxygen atoms in total. The molecule has 0 bridgehead atoms. The number of allylic oxidation sites excluding steroid dienone is 4. The highest BCUT2D eigenvalue weighted by Gasteiger charge is 2.34. The monoisotopic (exact) mass is 344 g/mol.